The molecular formula is C18H31N5O5S2. The number of hydrogen-bond donors (Lipinski definition) is 0. The number of carbonyl (C=O) groups is 1. The Balaban J connectivity index is 1.66. The number of aromatic nitrogens is 2. The fourth-order valence-electron chi connectivity index (χ4n) is 4.30. The molecular weight excluding hydrogens is 430 g/mol. The van der Waals surface area contributed by atoms with Crippen LogP contribution in [0.2, 0.25) is 0 Å². The van der Waals surface area contributed by atoms with Gasteiger partial charge in [0, 0.05) is 52.2 Å². The largest absolute Gasteiger partial charge is 0.341 e. The van der Waals surface area contributed by atoms with Crippen LogP contribution in [0.25, 0.3) is 0 Å². The lowest BCUT2D eigenvalue weighted by atomic mass is 9.96. The van der Waals surface area contributed by atoms with Crippen molar-refractivity contribution in [1.29, 1.82) is 0 Å². The molecule has 0 saturated carbocycles. The van der Waals surface area contributed by atoms with Crippen molar-refractivity contribution in [3.05, 3.63) is 11.4 Å². The van der Waals surface area contributed by atoms with Crippen molar-refractivity contribution < 1.29 is 21.6 Å². The van der Waals surface area contributed by atoms with Crippen LogP contribution >= 0.6 is 0 Å². The molecule has 0 aromatic carbocycles. The lowest BCUT2D eigenvalue weighted by molar-refractivity contribution is -0.136. The summed E-state index contributed by atoms with van der Waals surface area (Å²) in [4.78, 5) is 15.0. The monoisotopic (exact) mass is 461 g/mol. The van der Waals surface area contributed by atoms with Crippen LogP contribution in [0.5, 0.6) is 0 Å². The van der Waals surface area contributed by atoms with Gasteiger partial charge in [-0.3, -0.25) is 9.48 Å². The number of carbonyl (C=O) groups excluding carboxylic acids is 1. The fourth-order valence-corrected chi connectivity index (χ4v) is 7.05. The summed E-state index contributed by atoms with van der Waals surface area (Å²) in [6, 6.07) is 0. The molecule has 2 aliphatic rings. The van der Waals surface area contributed by atoms with Crippen LogP contribution in [0.4, 0.5) is 0 Å². The minimum absolute atomic E-state index is 0.00358. The molecule has 0 bridgehead atoms. The molecule has 0 N–H and O–H groups in total. The summed E-state index contributed by atoms with van der Waals surface area (Å²) in [5, 5.41) is 4.22. The second kappa shape index (κ2) is 8.56. The van der Waals surface area contributed by atoms with Crippen LogP contribution in [-0.2, 0) is 31.9 Å². The average Bonchev–Trinajstić information content (AvgIpc) is 2.85. The number of rotatable bonds is 4. The van der Waals surface area contributed by atoms with Gasteiger partial charge >= 0.3 is 0 Å². The lowest BCUT2D eigenvalue weighted by Gasteiger charge is -2.32. The van der Waals surface area contributed by atoms with Crippen LogP contribution in [0.1, 0.15) is 30.7 Å². The summed E-state index contributed by atoms with van der Waals surface area (Å²) in [6.45, 7) is 5.56. The predicted octanol–water partition coefficient (Wildman–Crippen LogP) is -0.0685. The van der Waals surface area contributed by atoms with Crippen molar-refractivity contribution in [3.63, 3.8) is 0 Å². The van der Waals surface area contributed by atoms with Crippen LogP contribution in [0, 0.1) is 19.8 Å². The van der Waals surface area contributed by atoms with Crippen LogP contribution in [0.15, 0.2) is 4.90 Å². The molecule has 0 spiro atoms. The normalized spacial score (nSPS) is 21.0. The Morgan fingerprint density at radius 3 is 2.10 bits per heavy atom. The number of amides is 1. The van der Waals surface area contributed by atoms with Crippen molar-refractivity contribution in [2.24, 2.45) is 13.0 Å². The van der Waals surface area contributed by atoms with E-state index in [1.54, 1.807) is 30.5 Å². The predicted molar refractivity (Wildman–Crippen MR) is 112 cm³/mol. The van der Waals surface area contributed by atoms with E-state index in [-0.39, 0.29) is 23.3 Å². The zero-order chi connectivity index (χ0) is 22.3. The molecule has 1 aromatic heterocycles. The Hall–Kier alpha value is -1.50. The molecule has 0 unspecified atom stereocenters. The number of piperidine rings is 1. The molecule has 2 fully saturated rings. The number of aryl methyl sites for hydroxylation is 2. The molecule has 2 aliphatic heterocycles. The maximum absolute atomic E-state index is 13.2. The second-order valence-corrected chi connectivity index (χ2v) is 12.0. The van der Waals surface area contributed by atoms with Crippen LogP contribution in [0.3, 0.4) is 0 Å². The molecule has 2 saturated heterocycles. The van der Waals surface area contributed by atoms with E-state index in [1.165, 1.54) is 14.9 Å². The third-order valence-electron chi connectivity index (χ3n) is 6.08. The topological polar surface area (TPSA) is 113 Å². The zero-order valence-electron chi connectivity index (χ0n) is 18.0. The molecule has 30 heavy (non-hydrogen) atoms. The van der Waals surface area contributed by atoms with E-state index in [4.69, 9.17) is 0 Å². The van der Waals surface area contributed by atoms with E-state index >= 15 is 0 Å². The molecule has 12 heteroatoms. The summed E-state index contributed by atoms with van der Waals surface area (Å²) in [7, 11) is -5.20. The van der Waals surface area contributed by atoms with Gasteiger partial charge in [-0.2, -0.15) is 9.40 Å². The Labute approximate surface area is 178 Å². The summed E-state index contributed by atoms with van der Waals surface area (Å²) in [5.74, 6) is -0.217. The molecule has 10 nitrogen and oxygen atoms in total. The van der Waals surface area contributed by atoms with Crippen molar-refractivity contribution in [3.8, 4) is 0 Å². The minimum atomic E-state index is -3.68. The van der Waals surface area contributed by atoms with Gasteiger partial charge in [0.25, 0.3) is 0 Å². The third kappa shape index (κ3) is 4.56. The molecule has 0 atom stereocenters. The Kier molecular flexibility index (Phi) is 6.61. The SMILES string of the molecule is Cc1nn(C)c(C)c1S(=O)(=O)N1CCCN(C(=O)C2CCN(S(C)(=O)=O)CC2)CC1. The van der Waals surface area contributed by atoms with Gasteiger partial charge < -0.3 is 4.90 Å². The van der Waals surface area contributed by atoms with Crippen molar-refractivity contribution >= 4 is 26.0 Å². The highest BCUT2D eigenvalue weighted by Gasteiger charge is 2.35. The van der Waals surface area contributed by atoms with Crippen LogP contribution < -0.4 is 0 Å². The Morgan fingerprint density at radius 2 is 1.57 bits per heavy atom. The van der Waals surface area contributed by atoms with E-state index < -0.39 is 20.0 Å². The minimum Gasteiger partial charge on any atom is -0.341 e. The van der Waals surface area contributed by atoms with Crippen molar-refractivity contribution in [1.82, 2.24) is 23.3 Å². The second-order valence-electron chi connectivity index (χ2n) is 8.14. The number of nitrogens with zero attached hydrogens (tertiary/aromatic N) is 5. The highest BCUT2D eigenvalue weighted by molar-refractivity contribution is 7.89. The summed E-state index contributed by atoms with van der Waals surface area (Å²) >= 11 is 0. The first kappa shape index (κ1) is 23.2. The Bertz CT molecular complexity index is 1010. The standard InChI is InChI=1S/C18H31N5O5S2/c1-14-17(15(2)20(3)19-14)30(27,28)23-9-5-8-21(12-13-23)18(24)16-6-10-22(11-7-16)29(4,25)26/h16H,5-13H2,1-4H3. The third-order valence-corrected chi connectivity index (χ3v) is 9.53. The van der Waals surface area contributed by atoms with E-state index in [0.717, 1.165) is 0 Å². The van der Waals surface area contributed by atoms with Gasteiger partial charge in [-0.05, 0) is 33.1 Å². The first-order valence-electron chi connectivity index (χ1n) is 10.2. The lowest BCUT2D eigenvalue weighted by Crippen LogP contribution is -2.45. The Morgan fingerprint density at radius 1 is 0.933 bits per heavy atom. The van der Waals surface area contributed by atoms with Crippen molar-refractivity contribution in [2.45, 2.75) is 38.0 Å². The quantitative estimate of drug-likeness (QED) is 0.620. The maximum atomic E-state index is 13.2. The molecule has 1 amide bonds. The van der Waals surface area contributed by atoms with E-state index in [9.17, 15) is 21.6 Å². The van der Waals surface area contributed by atoms with Gasteiger partial charge in [-0.15, -0.1) is 0 Å². The molecule has 1 aromatic rings. The van der Waals surface area contributed by atoms with Gasteiger partial charge in [0.1, 0.15) is 4.90 Å². The van der Waals surface area contributed by atoms with Gasteiger partial charge in [-0.25, -0.2) is 21.1 Å². The number of hydrogen-bond acceptors (Lipinski definition) is 6. The molecule has 0 radical (unpaired) electrons. The summed E-state index contributed by atoms with van der Waals surface area (Å²) in [5.41, 5.74) is 1.08. The van der Waals surface area contributed by atoms with E-state index in [1.807, 2.05) is 0 Å². The van der Waals surface area contributed by atoms with Gasteiger partial charge in [0.2, 0.25) is 26.0 Å². The van der Waals surface area contributed by atoms with Gasteiger partial charge in [0.05, 0.1) is 17.6 Å². The maximum Gasteiger partial charge on any atom is 0.246 e. The van der Waals surface area contributed by atoms with Gasteiger partial charge in [-0.1, -0.05) is 0 Å². The highest BCUT2D eigenvalue weighted by Crippen LogP contribution is 2.25. The summed E-state index contributed by atoms with van der Waals surface area (Å²) < 4.78 is 54.2. The smallest absolute Gasteiger partial charge is 0.246 e. The van der Waals surface area contributed by atoms with E-state index in [0.29, 0.717) is 63.4 Å². The molecule has 3 heterocycles. The van der Waals surface area contributed by atoms with Crippen LogP contribution in [-0.4, -0.2) is 91.6 Å². The summed E-state index contributed by atoms with van der Waals surface area (Å²) in [6.07, 6.45) is 2.74. The van der Waals surface area contributed by atoms with Crippen molar-refractivity contribution in [2.75, 3.05) is 45.5 Å². The first-order valence-corrected chi connectivity index (χ1v) is 13.5. The first-order chi connectivity index (χ1) is 13.9. The average molecular weight is 462 g/mol. The highest BCUT2D eigenvalue weighted by atomic mass is 32.2. The van der Waals surface area contributed by atoms with Gasteiger partial charge in [0.15, 0.2) is 0 Å². The number of sulfonamides is 2. The molecule has 0 aliphatic carbocycles. The fraction of sp³-hybridized carbons (Fsp3) is 0.778. The molecule has 3 rings (SSSR count). The molecule has 170 valence electrons. The zero-order valence-corrected chi connectivity index (χ0v) is 19.7. The van der Waals surface area contributed by atoms with E-state index in [2.05, 4.69) is 5.10 Å².